The molecule has 15 nitrogen and oxygen atoms in total. The van der Waals surface area contributed by atoms with Crippen LogP contribution in [-0.4, -0.2) is 139 Å². The number of hydrogen-bond donors (Lipinski definition) is 0. The summed E-state index contributed by atoms with van der Waals surface area (Å²) in [6, 6.07) is -0.566. The van der Waals surface area contributed by atoms with Crippen LogP contribution in [0.25, 0.3) is 0 Å². The van der Waals surface area contributed by atoms with Crippen molar-refractivity contribution in [2.24, 2.45) is 0 Å². The number of carbonyl (C=O) groups is 5. The molecule has 2 amide bonds. The Balaban J connectivity index is 1.41. The lowest BCUT2D eigenvalue weighted by molar-refractivity contribution is -0.185. The summed E-state index contributed by atoms with van der Waals surface area (Å²) in [6.45, 7) is 18.6. The molecule has 3 saturated heterocycles. The SMILES string of the molecule is CCN(CC)c1nc(N(CC)CC)c(C(C)=O)c(N2CCN(C(=O)OCC(=O)OC3C(=O)C(OC(C)(C)C)C(=O)N4CCCC34)CC2)n1. The lowest BCUT2D eigenvalue weighted by Crippen LogP contribution is -2.63. The maximum atomic E-state index is 13.3. The molecule has 0 aromatic carbocycles. The molecule has 3 fully saturated rings. The first-order valence-electron chi connectivity index (χ1n) is 17.0. The van der Waals surface area contributed by atoms with Gasteiger partial charge >= 0.3 is 12.1 Å². The van der Waals surface area contributed by atoms with Crippen LogP contribution < -0.4 is 14.7 Å². The number of piperidine rings is 1. The minimum Gasteiger partial charge on any atom is -0.449 e. The van der Waals surface area contributed by atoms with Gasteiger partial charge in [-0.1, -0.05) is 0 Å². The second kappa shape index (κ2) is 15.5. The van der Waals surface area contributed by atoms with Crippen LogP contribution in [0.3, 0.4) is 0 Å². The number of amides is 2. The Morgan fingerprint density at radius 1 is 0.896 bits per heavy atom. The van der Waals surface area contributed by atoms with Gasteiger partial charge in [-0.3, -0.25) is 14.4 Å². The second-order valence-corrected chi connectivity index (χ2v) is 13.1. The van der Waals surface area contributed by atoms with Crippen LogP contribution in [0.5, 0.6) is 0 Å². The zero-order valence-corrected chi connectivity index (χ0v) is 29.6. The van der Waals surface area contributed by atoms with Gasteiger partial charge in [-0.2, -0.15) is 9.97 Å². The third-order valence-corrected chi connectivity index (χ3v) is 8.90. The molecule has 15 heteroatoms. The van der Waals surface area contributed by atoms with Crippen LogP contribution in [0.2, 0.25) is 0 Å². The molecule has 4 rings (SSSR count). The van der Waals surface area contributed by atoms with Crippen molar-refractivity contribution in [3.8, 4) is 0 Å². The van der Waals surface area contributed by atoms with E-state index in [1.54, 1.807) is 25.7 Å². The molecule has 3 aliphatic rings. The van der Waals surface area contributed by atoms with E-state index in [4.69, 9.17) is 24.2 Å². The average Bonchev–Trinajstić information content (AvgIpc) is 3.54. The quantitative estimate of drug-likeness (QED) is 0.181. The molecule has 4 heterocycles. The number of rotatable bonds is 12. The normalized spacial score (nSPS) is 21.2. The molecule has 3 aliphatic heterocycles. The Morgan fingerprint density at radius 2 is 1.52 bits per heavy atom. The molecule has 3 atom stereocenters. The Labute approximate surface area is 282 Å². The van der Waals surface area contributed by atoms with Gasteiger partial charge in [-0.05, 0) is 68.2 Å². The maximum Gasteiger partial charge on any atom is 0.410 e. The maximum absolute atomic E-state index is 13.3. The fourth-order valence-electron chi connectivity index (χ4n) is 6.45. The van der Waals surface area contributed by atoms with Gasteiger partial charge in [-0.15, -0.1) is 0 Å². The molecule has 0 aliphatic carbocycles. The number of carbonyl (C=O) groups excluding carboxylic acids is 5. The van der Waals surface area contributed by atoms with Crippen molar-refractivity contribution in [3.63, 3.8) is 0 Å². The van der Waals surface area contributed by atoms with Crippen molar-refractivity contribution in [2.75, 3.05) is 80.2 Å². The highest BCUT2D eigenvalue weighted by Crippen LogP contribution is 2.33. The van der Waals surface area contributed by atoms with E-state index < -0.39 is 54.2 Å². The summed E-state index contributed by atoms with van der Waals surface area (Å²) in [6.07, 6.45) is -2.06. The van der Waals surface area contributed by atoms with Crippen molar-refractivity contribution in [2.45, 2.75) is 92.1 Å². The largest absolute Gasteiger partial charge is 0.449 e. The summed E-state index contributed by atoms with van der Waals surface area (Å²) in [7, 11) is 0. The summed E-state index contributed by atoms with van der Waals surface area (Å²) >= 11 is 0. The number of piperazine rings is 1. The molecule has 0 bridgehead atoms. The van der Waals surface area contributed by atoms with E-state index in [1.165, 1.54) is 11.8 Å². The standard InChI is InChI=1S/C33H51N7O8/c1-9-36(10-2)28-24(21(5)41)29(35-31(34-28)37(11-3)12-4)38-16-18-39(19-17-38)32(45)46-20-23(42)47-26-22-14-13-15-40(22)30(44)27(25(26)43)48-33(6,7)8/h22,26-27H,9-20H2,1-8H3. The highest BCUT2D eigenvalue weighted by molar-refractivity contribution is 6.10. The number of anilines is 3. The molecular weight excluding hydrogens is 622 g/mol. The number of fused-ring (bicyclic) bond motifs is 1. The Hall–Kier alpha value is -4.01. The second-order valence-electron chi connectivity index (χ2n) is 13.1. The lowest BCUT2D eigenvalue weighted by atomic mass is 9.94. The number of nitrogens with zero attached hydrogens (tertiary/aromatic N) is 7. The van der Waals surface area contributed by atoms with Crippen LogP contribution in [0.15, 0.2) is 0 Å². The molecule has 266 valence electrons. The van der Waals surface area contributed by atoms with E-state index in [0.29, 0.717) is 81.8 Å². The number of esters is 1. The highest BCUT2D eigenvalue weighted by Gasteiger charge is 2.53. The molecule has 0 saturated carbocycles. The van der Waals surface area contributed by atoms with Gasteiger partial charge < -0.3 is 38.7 Å². The van der Waals surface area contributed by atoms with E-state index in [0.717, 1.165) is 0 Å². The van der Waals surface area contributed by atoms with Gasteiger partial charge in [0.05, 0.1) is 11.6 Å². The molecule has 0 spiro atoms. The minimum atomic E-state index is -1.36. The summed E-state index contributed by atoms with van der Waals surface area (Å²) in [5, 5.41) is 0. The topological polar surface area (TPSA) is 155 Å². The Morgan fingerprint density at radius 3 is 2.08 bits per heavy atom. The molecule has 1 aromatic rings. The van der Waals surface area contributed by atoms with Gasteiger partial charge in [0.2, 0.25) is 11.7 Å². The van der Waals surface area contributed by atoms with Gasteiger partial charge in [0, 0.05) is 58.9 Å². The zero-order valence-electron chi connectivity index (χ0n) is 29.6. The lowest BCUT2D eigenvalue weighted by Gasteiger charge is -2.40. The van der Waals surface area contributed by atoms with Crippen molar-refractivity contribution in [1.82, 2.24) is 19.8 Å². The van der Waals surface area contributed by atoms with E-state index in [9.17, 15) is 24.0 Å². The number of Topliss-reactive ketones (excluding diaryl/α,β-unsaturated/α-hetero) is 2. The van der Waals surface area contributed by atoms with E-state index in [2.05, 4.69) is 0 Å². The van der Waals surface area contributed by atoms with Crippen LogP contribution in [0, 0.1) is 0 Å². The summed E-state index contributed by atoms with van der Waals surface area (Å²) in [5.74, 6) is -0.369. The number of hydrogen-bond acceptors (Lipinski definition) is 13. The predicted molar refractivity (Wildman–Crippen MR) is 179 cm³/mol. The monoisotopic (exact) mass is 673 g/mol. The highest BCUT2D eigenvalue weighted by atomic mass is 16.6. The third kappa shape index (κ3) is 7.99. The predicted octanol–water partition coefficient (Wildman–Crippen LogP) is 2.30. The first-order valence-corrected chi connectivity index (χ1v) is 17.0. The van der Waals surface area contributed by atoms with Crippen LogP contribution in [0.4, 0.5) is 22.4 Å². The number of ether oxygens (including phenoxy) is 3. The minimum absolute atomic E-state index is 0.142. The van der Waals surface area contributed by atoms with Crippen LogP contribution in [-0.2, 0) is 28.6 Å². The summed E-state index contributed by atoms with van der Waals surface area (Å²) < 4.78 is 16.6. The van der Waals surface area contributed by atoms with Crippen LogP contribution >= 0.6 is 0 Å². The molecule has 1 aromatic heterocycles. The summed E-state index contributed by atoms with van der Waals surface area (Å²) in [5.41, 5.74) is -0.317. The Bertz CT molecular complexity index is 1370. The van der Waals surface area contributed by atoms with Crippen molar-refractivity contribution >= 4 is 47.1 Å². The van der Waals surface area contributed by atoms with E-state index in [-0.39, 0.29) is 18.9 Å². The van der Waals surface area contributed by atoms with Crippen molar-refractivity contribution in [3.05, 3.63) is 5.56 Å². The summed E-state index contributed by atoms with van der Waals surface area (Å²) in [4.78, 5) is 83.8. The molecular formula is C33H51N7O8. The van der Waals surface area contributed by atoms with E-state index >= 15 is 0 Å². The zero-order chi connectivity index (χ0) is 35.3. The smallest absolute Gasteiger partial charge is 0.410 e. The average molecular weight is 674 g/mol. The third-order valence-electron chi connectivity index (χ3n) is 8.90. The fraction of sp³-hybridized carbons (Fsp3) is 0.727. The van der Waals surface area contributed by atoms with Crippen molar-refractivity contribution in [1.29, 1.82) is 0 Å². The molecule has 0 N–H and O–H groups in total. The van der Waals surface area contributed by atoms with Crippen molar-refractivity contribution < 1.29 is 38.2 Å². The first kappa shape index (κ1) is 36.8. The van der Waals surface area contributed by atoms with Gasteiger partial charge in [-0.25, -0.2) is 9.59 Å². The van der Waals surface area contributed by atoms with Crippen LogP contribution in [0.1, 0.15) is 78.6 Å². The molecule has 48 heavy (non-hydrogen) atoms. The number of aromatic nitrogens is 2. The van der Waals surface area contributed by atoms with E-state index in [1.807, 2.05) is 42.4 Å². The van der Waals surface area contributed by atoms with Gasteiger partial charge in [0.15, 0.2) is 24.6 Å². The molecule has 0 radical (unpaired) electrons. The van der Waals surface area contributed by atoms with Gasteiger partial charge in [0.25, 0.3) is 5.91 Å². The number of ketones is 2. The van der Waals surface area contributed by atoms with Gasteiger partial charge in [0.1, 0.15) is 17.2 Å². The fourth-order valence-corrected chi connectivity index (χ4v) is 6.45. The molecule has 3 unspecified atom stereocenters. The first-order chi connectivity index (χ1) is 22.7. The Kier molecular flexibility index (Phi) is 11.9.